The molecular weight excluding hydrogens is 228 g/mol. The van der Waals surface area contributed by atoms with Crippen LogP contribution in [0.2, 0.25) is 0 Å². The van der Waals surface area contributed by atoms with Crippen LogP contribution >= 0.6 is 0 Å². The van der Waals surface area contributed by atoms with E-state index in [-0.39, 0.29) is 0 Å². The Morgan fingerprint density at radius 1 is 1.33 bits per heavy atom. The van der Waals surface area contributed by atoms with Crippen molar-refractivity contribution in [1.29, 1.82) is 0 Å². The van der Waals surface area contributed by atoms with E-state index in [0.29, 0.717) is 6.04 Å². The zero-order chi connectivity index (χ0) is 13.1. The van der Waals surface area contributed by atoms with E-state index in [1.807, 2.05) is 11.7 Å². The lowest BCUT2D eigenvalue weighted by atomic mass is 10.2. The predicted octanol–water partition coefficient (Wildman–Crippen LogP) is 1.06. The minimum atomic E-state index is 0.488. The maximum absolute atomic E-state index is 5.42. The van der Waals surface area contributed by atoms with Gasteiger partial charge in [-0.25, -0.2) is 0 Å². The summed E-state index contributed by atoms with van der Waals surface area (Å²) in [6.45, 7) is 10.8. The fourth-order valence-electron chi connectivity index (χ4n) is 2.37. The van der Waals surface area contributed by atoms with Crippen molar-refractivity contribution in [1.82, 2.24) is 15.1 Å². The molecule has 0 bridgehead atoms. The van der Waals surface area contributed by atoms with E-state index >= 15 is 0 Å². The van der Waals surface area contributed by atoms with Gasteiger partial charge in [0.1, 0.15) is 5.82 Å². The van der Waals surface area contributed by atoms with Crippen LogP contribution in [-0.2, 0) is 18.3 Å². The summed E-state index contributed by atoms with van der Waals surface area (Å²) in [7, 11) is 2.02. The van der Waals surface area contributed by atoms with Crippen LogP contribution in [0.1, 0.15) is 25.1 Å². The molecule has 0 aliphatic carbocycles. The molecule has 1 aromatic heterocycles. The number of hydrogen-bond donors (Lipinski definition) is 1. The molecule has 2 rings (SSSR count). The van der Waals surface area contributed by atoms with Crippen molar-refractivity contribution in [3.63, 3.8) is 0 Å². The number of morpholine rings is 1. The molecular formula is C13H24N4O. The summed E-state index contributed by atoms with van der Waals surface area (Å²) in [4.78, 5) is 2.38. The maximum Gasteiger partial charge on any atom is 0.131 e. The number of ether oxygens (including phenoxy) is 1. The Hall–Kier alpha value is -1.07. The molecule has 1 N–H and O–H groups in total. The van der Waals surface area contributed by atoms with Gasteiger partial charge >= 0.3 is 0 Å². The van der Waals surface area contributed by atoms with Crippen LogP contribution in [0.3, 0.4) is 0 Å². The average Bonchev–Trinajstić information content (AvgIpc) is 2.62. The second-order valence-electron chi connectivity index (χ2n) is 5.15. The summed E-state index contributed by atoms with van der Waals surface area (Å²) in [6, 6.07) is 0.488. The molecule has 18 heavy (non-hydrogen) atoms. The first-order chi connectivity index (χ1) is 8.59. The second-order valence-corrected chi connectivity index (χ2v) is 5.15. The third kappa shape index (κ3) is 2.84. The smallest absolute Gasteiger partial charge is 0.131 e. The fraction of sp³-hybridized carbons (Fsp3) is 0.769. The predicted molar refractivity (Wildman–Crippen MR) is 73.0 cm³/mol. The molecule has 1 fully saturated rings. The van der Waals surface area contributed by atoms with Crippen LogP contribution < -0.4 is 10.2 Å². The summed E-state index contributed by atoms with van der Waals surface area (Å²) < 4.78 is 7.42. The Kier molecular flexibility index (Phi) is 4.24. The van der Waals surface area contributed by atoms with Gasteiger partial charge in [0.2, 0.25) is 0 Å². The van der Waals surface area contributed by atoms with Gasteiger partial charge in [-0.1, -0.05) is 13.8 Å². The second kappa shape index (κ2) is 5.71. The van der Waals surface area contributed by atoms with Crippen molar-refractivity contribution < 1.29 is 4.74 Å². The molecule has 0 atom stereocenters. The van der Waals surface area contributed by atoms with Crippen LogP contribution in [0.15, 0.2) is 0 Å². The standard InChI is InChI=1S/C13H24N4O/c1-10(2)14-9-12-11(3)15-16(4)13(12)17-5-7-18-8-6-17/h10,14H,5-9H2,1-4H3. The SMILES string of the molecule is Cc1nn(C)c(N2CCOCC2)c1CNC(C)C. The first-order valence-electron chi connectivity index (χ1n) is 6.68. The monoisotopic (exact) mass is 252 g/mol. The van der Waals surface area contributed by atoms with Gasteiger partial charge in [0.05, 0.1) is 18.9 Å². The summed E-state index contributed by atoms with van der Waals surface area (Å²) in [6.07, 6.45) is 0. The third-order valence-corrected chi connectivity index (χ3v) is 3.31. The molecule has 0 spiro atoms. The van der Waals surface area contributed by atoms with Gasteiger partial charge in [-0.2, -0.15) is 5.10 Å². The first kappa shape index (κ1) is 13.4. The molecule has 0 radical (unpaired) electrons. The summed E-state index contributed by atoms with van der Waals surface area (Å²) in [5.41, 5.74) is 2.43. The van der Waals surface area contributed by atoms with E-state index in [1.165, 1.54) is 11.4 Å². The number of nitrogens with zero attached hydrogens (tertiary/aromatic N) is 3. The van der Waals surface area contributed by atoms with Crippen molar-refractivity contribution >= 4 is 5.82 Å². The molecule has 1 aliphatic heterocycles. The van der Waals surface area contributed by atoms with Crippen LogP contribution in [0.25, 0.3) is 0 Å². The number of anilines is 1. The Morgan fingerprint density at radius 3 is 2.61 bits per heavy atom. The van der Waals surface area contributed by atoms with Gasteiger partial charge < -0.3 is 15.0 Å². The topological polar surface area (TPSA) is 42.3 Å². The van der Waals surface area contributed by atoms with Crippen molar-refractivity contribution in [2.24, 2.45) is 7.05 Å². The van der Waals surface area contributed by atoms with E-state index in [2.05, 4.69) is 36.1 Å². The molecule has 0 unspecified atom stereocenters. The molecule has 2 heterocycles. The number of aromatic nitrogens is 2. The minimum Gasteiger partial charge on any atom is -0.378 e. The lowest BCUT2D eigenvalue weighted by Gasteiger charge is -2.29. The molecule has 1 saturated heterocycles. The number of nitrogens with one attached hydrogen (secondary N) is 1. The normalized spacial score (nSPS) is 16.6. The number of rotatable bonds is 4. The van der Waals surface area contributed by atoms with Gasteiger partial charge in [0, 0.05) is 38.3 Å². The average molecular weight is 252 g/mol. The van der Waals surface area contributed by atoms with Crippen LogP contribution in [0.5, 0.6) is 0 Å². The summed E-state index contributed by atoms with van der Waals surface area (Å²) in [5.74, 6) is 1.24. The molecule has 5 nitrogen and oxygen atoms in total. The lowest BCUT2D eigenvalue weighted by Crippen LogP contribution is -2.38. The van der Waals surface area contributed by atoms with E-state index in [9.17, 15) is 0 Å². The van der Waals surface area contributed by atoms with E-state index in [1.54, 1.807) is 0 Å². The molecule has 0 aromatic carbocycles. The molecule has 0 amide bonds. The molecule has 1 aliphatic rings. The third-order valence-electron chi connectivity index (χ3n) is 3.31. The highest BCUT2D eigenvalue weighted by Gasteiger charge is 2.21. The number of hydrogen-bond acceptors (Lipinski definition) is 4. The van der Waals surface area contributed by atoms with Crippen molar-refractivity contribution in [3.8, 4) is 0 Å². The highest BCUT2D eigenvalue weighted by atomic mass is 16.5. The van der Waals surface area contributed by atoms with E-state index in [4.69, 9.17) is 4.74 Å². The largest absolute Gasteiger partial charge is 0.378 e. The lowest BCUT2D eigenvalue weighted by molar-refractivity contribution is 0.122. The number of aryl methyl sites for hydroxylation is 2. The van der Waals surface area contributed by atoms with Gasteiger partial charge in [0.15, 0.2) is 0 Å². The quantitative estimate of drug-likeness (QED) is 0.870. The zero-order valence-corrected chi connectivity index (χ0v) is 11.9. The molecule has 1 aromatic rings. The maximum atomic E-state index is 5.42. The summed E-state index contributed by atoms with van der Waals surface area (Å²) >= 11 is 0. The Bertz CT molecular complexity index is 394. The van der Waals surface area contributed by atoms with Gasteiger partial charge in [-0.3, -0.25) is 4.68 Å². The van der Waals surface area contributed by atoms with Crippen molar-refractivity contribution in [3.05, 3.63) is 11.3 Å². The first-order valence-corrected chi connectivity index (χ1v) is 6.68. The van der Waals surface area contributed by atoms with Gasteiger partial charge in [0.25, 0.3) is 0 Å². The van der Waals surface area contributed by atoms with Crippen molar-refractivity contribution in [2.75, 3.05) is 31.2 Å². The molecule has 0 saturated carbocycles. The fourth-order valence-corrected chi connectivity index (χ4v) is 2.37. The van der Waals surface area contributed by atoms with Crippen LogP contribution in [0, 0.1) is 6.92 Å². The van der Waals surface area contributed by atoms with E-state index in [0.717, 1.165) is 38.5 Å². The van der Waals surface area contributed by atoms with Crippen LogP contribution in [-0.4, -0.2) is 42.1 Å². The molecule has 102 valence electrons. The van der Waals surface area contributed by atoms with Gasteiger partial charge in [-0.05, 0) is 6.92 Å². The van der Waals surface area contributed by atoms with Crippen LogP contribution in [0.4, 0.5) is 5.82 Å². The Morgan fingerprint density at radius 2 is 2.00 bits per heavy atom. The Labute approximate surface area is 109 Å². The highest BCUT2D eigenvalue weighted by molar-refractivity contribution is 5.50. The van der Waals surface area contributed by atoms with Crippen molar-refractivity contribution in [2.45, 2.75) is 33.4 Å². The zero-order valence-electron chi connectivity index (χ0n) is 11.9. The minimum absolute atomic E-state index is 0.488. The van der Waals surface area contributed by atoms with Gasteiger partial charge in [-0.15, -0.1) is 0 Å². The summed E-state index contributed by atoms with van der Waals surface area (Å²) in [5, 5.41) is 8.04. The molecule has 5 heteroatoms. The highest BCUT2D eigenvalue weighted by Crippen LogP contribution is 2.24. The van der Waals surface area contributed by atoms with E-state index < -0.39 is 0 Å². The Balaban J connectivity index is 2.21.